The third kappa shape index (κ3) is 5.07. The monoisotopic (exact) mass is 574 g/mol. The summed E-state index contributed by atoms with van der Waals surface area (Å²) in [7, 11) is 0. The molecule has 3 atom stereocenters. The molecule has 6 aromatic carbocycles. The minimum atomic E-state index is -0.144. The number of anilines is 1. The molecule has 2 aliphatic rings. The summed E-state index contributed by atoms with van der Waals surface area (Å²) in [6.07, 6.45) is -0.224. The van der Waals surface area contributed by atoms with E-state index in [9.17, 15) is 0 Å². The molecule has 4 nitrogen and oxygen atoms in total. The van der Waals surface area contributed by atoms with E-state index >= 15 is 0 Å². The number of amidine groups is 1. The van der Waals surface area contributed by atoms with Crippen LogP contribution in [0.4, 0.5) is 5.69 Å². The predicted octanol–water partition coefficient (Wildman–Crippen LogP) is 9.06. The van der Waals surface area contributed by atoms with Gasteiger partial charge in [0, 0.05) is 15.8 Å². The van der Waals surface area contributed by atoms with Crippen LogP contribution < -0.4 is 16.0 Å². The van der Waals surface area contributed by atoms with Gasteiger partial charge in [-0.05, 0) is 45.3 Å². The van der Waals surface area contributed by atoms with Crippen molar-refractivity contribution in [2.24, 2.45) is 4.99 Å². The number of benzene rings is 6. The van der Waals surface area contributed by atoms with Crippen molar-refractivity contribution in [3.63, 3.8) is 0 Å². The van der Waals surface area contributed by atoms with E-state index in [0.29, 0.717) is 0 Å². The van der Waals surface area contributed by atoms with Crippen molar-refractivity contribution in [2.75, 3.05) is 5.32 Å². The van der Waals surface area contributed by atoms with E-state index < -0.39 is 0 Å². The summed E-state index contributed by atoms with van der Waals surface area (Å²) in [5.41, 5.74) is 8.31. The van der Waals surface area contributed by atoms with Crippen molar-refractivity contribution in [2.45, 2.75) is 22.6 Å². The summed E-state index contributed by atoms with van der Waals surface area (Å²) >= 11 is 1.89. The molecule has 0 aromatic heterocycles. The molecule has 2 aliphatic heterocycles. The first-order valence-electron chi connectivity index (χ1n) is 14.6. The maximum Gasteiger partial charge on any atom is 0.131 e. The van der Waals surface area contributed by atoms with Gasteiger partial charge in [0.2, 0.25) is 0 Å². The molecular formula is C38H30N4S. The van der Waals surface area contributed by atoms with Crippen LogP contribution >= 0.6 is 11.8 Å². The Labute approximate surface area is 255 Å². The second-order valence-electron chi connectivity index (χ2n) is 11.0. The van der Waals surface area contributed by atoms with Crippen LogP contribution in [0.1, 0.15) is 40.0 Å². The van der Waals surface area contributed by atoms with Gasteiger partial charge in [0.05, 0.1) is 5.69 Å². The van der Waals surface area contributed by atoms with Crippen molar-refractivity contribution in [1.82, 2.24) is 10.6 Å². The van der Waals surface area contributed by atoms with Gasteiger partial charge in [0.15, 0.2) is 0 Å². The molecule has 5 heteroatoms. The van der Waals surface area contributed by atoms with Gasteiger partial charge in [0.25, 0.3) is 0 Å². The lowest BCUT2D eigenvalue weighted by molar-refractivity contribution is 0.409. The van der Waals surface area contributed by atoms with Crippen LogP contribution in [-0.2, 0) is 0 Å². The summed E-state index contributed by atoms with van der Waals surface area (Å²) in [5.74, 6) is 0.893. The van der Waals surface area contributed by atoms with Crippen LogP contribution in [-0.4, -0.2) is 5.84 Å². The molecule has 0 fully saturated rings. The van der Waals surface area contributed by atoms with Crippen LogP contribution in [0.15, 0.2) is 155 Å². The molecule has 3 N–H and O–H groups in total. The minimum absolute atomic E-state index is 0.0806. The van der Waals surface area contributed by atoms with Crippen molar-refractivity contribution in [3.8, 4) is 11.1 Å². The summed E-state index contributed by atoms with van der Waals surface area (Å²) < 4.78 is 0. The lowest BCUT2D eigenvalue weighted by Gasteiger charge is -2.32. The second-order valence-corrected chi connectivity index (χ2v) is 12.1. The normalized spacial score (nSPS) is 19.3. The average Bonchev–Trinajstić information content (AvgIpc) is 3.54. The number of thioether (sulfide) groups is 1. The first-order chi connectivity index (χ1) is 21.3. The van der Waals surface area contributed by atoms with Gasteiger partial charge >= 0.3 is 0 Å². The quantitative estimate of drug-likeness (QED) is 0.192. The first-order valence-corrected chi connectivity index (χ1v) is 15.5. The maximum absolute atomic E-state index is 5.03. The Morgan fingerprint density at radius 1 is 0.535 bits per heavy atom. The average molecular weight is 575 g/mol. The molecule has 0 aliphatic carbocycles. The van der Waals surface area contributed by atoms with E-state index in [1.807, 2.05) is 23.9 Å². The van der Waals surface area contributed by atoms with Crippen LogP contribution in [0.2, 0.25) is 0 Å². The molecule has 8 rings (SSSR count). The second kappa shape index (κ2) is 11.1. The van der Waals surface area contributed by atoms with E-state index in [2.05, 4.69) is 149 Å². The molecule has 6 aromatic rings. The number of rotatable bonds is 5. The highest BCUT2D eigenvalue weighted by Crippen LogP contribution is 2.49. The third-order valence-corrected chi connectivity index (χ3v) is 9.43. The van der Waals surface area contributed by atoms with E-state index in [0.717, 1.165) is 17.0 Å². The third-order valence-electron chi connectivity index (χ3n) is 8.21. The van der Waals surface area contributed by atoms with Crippen LogP contribution in [0, 0.1) is 0 Å². The first kappa shape index (κ1) is 25.8. The Bertz CT molecular complexity index is 1920. The molecular weight excluding hydrogens is 545 g/mol. The van der Waals surface area contributed by atoms with Gasteiger partial charge in [0.1, 0.15) is 23.5 Å². The predicted molar refractivity (Wildman–Crippen MR) is 179 cm³/mol. The molecule has 0 spiro atoms. The highest BCUT2D eigenvalue weighted by Gasteiger charge is 2.26. The maximum atomic E-state index is 5.03. The van der Waals surface area contributed by atoms with Gasteiger partial charge in [-0.3, -0.25) is 5.32 Å². The van der Waals surface area contributed by atoms with Gasteiger partial charge in [-0.1, -0.05) is 145 Å². The zero-order chi connectivity index (χ0) is 28.6. The number of fused-ring (bicyclic) bond motifs is 3. The Morgan fingerprint density at radius 2 is 1.19 bits per heavy atom. The molecule has 0 saturated heterocycles. The number of nitrogens with one attached hydrogen (secondary N) is 3. The minimum Gasteiger partial charge on any atom is -0.368 e. The van der Waals surface area contributed by atoms with Gasteiger partial charge < -0.3 is 10.6 Å². The summed E-state index contributed by atoms with van der Waals surface area (Å²) in [5, 5.41) is 13.9. The smallest absolute Gasteiger partial charge is 0.131 e. The molecule has 0 amide bonds. The molecule has 0 radical (unpaired) electrons. The molecule has 3 unspecified atom stereocenters. The van der Waals surface area contributed by atoms with Crippen molar-refractivity contribution < 1.29 is 0 Å². The lowest BCUT2D eigenvalue weighted by atomic mass is 9.98. The molecule has 0 saturated carbocycles. The van der Waals surface area contributed by atoms with E-state index in [4.69, 9.17) is 4.99 Å². The number of hydrogen-bond donors (Lipinski definition) is 3. The largest absolute Gasteiger partial charge is 0.368 e. The van der Waals surface area contributed by atoms with E-state index in [-0.39, 0.29) is 17.7 Å². The molecule has 43 heavy (non-hydrogen) atoms. The van der Waals surface area contributed by atoms with Crippen LogP contribution in [0.3, 0.4) is 0 Å². The Kier molecular flexibility index (Phi) is 6.67. The summed E-state index contributed by atoms with van der Waals surface area (Å²) in [6.45, 7) is 0. The lowest BCUT2D eigenvalue weighted by Crippen LogP contribution is -2.44. The van der Waals surface area contributed by atoms with Crippen LogP contribution in [0.25, 0.3) is 21.9 Å². The van der Waals surface area contributed by atoms with Gasteiger partial charge in [-0.2, -0.15) is 0 Å². The topological polar surface area (TPSA) is 48.5 Å². The number of hydrogen-bond acceptors (Lipinski definition) is 5. The van der Waals surface area contributed by atoms with Gasteiger partial charge in [-0.15, -0.1) is 0 Å². The summed E-state index contributed by atoms with van der Waals surface area (Å²) in [6, 6.07) is 51.6. The molecule has 2 heterocycles. The zero-order valence-corrected chi connectivity index (χ0v) is 24.3. The van der Waals surface area contributed by atoms with E-state index in [1.54, 1.807) is 0 Å². The van der Waals surface area contributed by atoms with Crippen LogP contribution in [0.5, 0.6) is 0 Å². The standard InChI is InChI=1S/C38H30N4S/c1-4-10-27(11-5-1)35-40-36(28-12-6-2-7-13-28)42-37(41-35)29-19-16-25(17-20-29)31-21-18-26-22-23-33-34(32(26)24-31)39-38(43-33)30-14-8-3-9-15-30/h1-24,35,37-39,41H,(H,40,42). The fourth-order valence-corrected chi connectivity index (χ4v) is 7.10. The molecule has 0 bridgehead atoms. The summed E-state index contributed by atoms with van der Waals surface area (Å²) in [4.78, 5) is 6.33. The number of nitrogens with zero attached hydrogens (tertiary/aromatic N) is 1. The SMILES string of the molecule is c1ccc(C2=NC(c3ccccc3)NC(c3ccc(-c4ccc5ccc6c(c5c4)NC(c4ccccc4)S6)cc3)N2)cc1. The fraction of sp³-hybridized carbons (Fsp3) is 0.0789. The Morgan fingerprint density at radius 3 is 1.93 bits per heavy atom. The molecule has 208 valence electrons. The van der Waals surface area contributed by atoms with Crippen molar-refractivity contribution in [1.29, 1.82) is 0 Å². The van der Waals surface area contributed by atoms with Gasteiger partial charge in [-0.25, -0.2) is 4.99 Å². The van der Waals surface area contributed by atoms with E-state index in [1.165, 1.54) is 43.6 Å². The zero-order valence-electron chi connectivity index (χ0n) is 23.4. The van der Waals surface area contributed by atoms with Crippen molar-refractivity contribution in [3.05, 3.63) is 168 Å². The van der Waals surface area contributed by atoms with Crippen molar-refractivity contribution >= 4 is 34.1 Å². The highest BCUT2D eigenvalue weighted by molar-refractivity contribution is 8.00. The fourth-order valence-electron chi connectivity index (χ4n) is 5.94. The highest BCUT2D eigenvalue weighted by atomic mass is 32.2. The number of aliphatic imine (C=N–C) groups is 1. The Balaban J connectivity index is 1.09. The Hall–Kier alpha value is -4.84.